The summed E-state index contributed by atoms with van der Waals surface area (Å²) in [5.74, 6) is -0.936. The summed E-state index contributed by atoms with van der Waals surface area (Å²) < 4.78 is 57.3. The number of pyridine rings is 1. The number of nitrogens with one attached hydrogen (secondary N) is 3. The molecule has 0 radical (unpaired) electrons. The van der Waals surface area contributed by atoms with E-state index in [9.17, 15) is 23.3 Å². The molecule has 342 valence electrons. The van der Waals surface area contributed by atoms with Crippen molar-refractivity contribution in [3.63, 3.8) is 0 Å². The van der Waals surface area contributed by atoms with Gasteiger partial charge in [-0.05, 0) is 97.9 Å². The van der Waals surface area contributed by atoms with Gasteiger partial charge in [0.15, 0.2) is 0 Å². The number of anilines is 2. The maximum Gasteiger partial charge on any atom is 0.293 e. The molecule has 6 heterocycles. The van der Waals surface area contributed by atoms with Crippen LogP contribution in [0.15, 0.2) is 84.0 Å². The van der Waals surface area contributed by atoms with Crippen molar-refractivity contribution in [2.45, 2.75) is 81.3 Å². The van der Waals surface area contributed by atoms with Gasteiger partial charge < -0.3 is 24.7 Å². The number of hydrogen-bond acceptors (Lipinski definition) is 12. The van der Waals surface area contributed by atoms with Gasteiger partial charge in [0.05, 0.1) is 46.5 Å². The van der Waals surface area contributed by atoms with E-state index in [1.165, 1.54) is 48.4 Å². The molecule has 5 aliphatic rings. The normalized spacial score (nSPS) is 20.7. The molecule has 1 spiro atoms. The number of H-pyrrole nitrogens is 1. The van der Waals surface area contributed by atoms with Gasteiger partial charge in [0.2, 0.25) is 0 Å². The molecule has 3 aromatic carbocycles. The molecule has 5 fully saturated rings. The number of rotatable bonds is 14. The second-order valence-electron chi connectivity index (χ2n) is 19.0. The Balaban J connectivity index is 0.843. The summed E-state index contributed by atoms with van der Waals surface area (Å²) in [6.07, 6.45) is 9.56. The highest BCUT2D eigenvalue weighted by atomic mass is 32.2. The SMILES string of the molecule is CC(C)c1ccccc1[C@@H]1CCCN1C1CC2(CCN(c3cc(Oc4cnc5[nH]ccc5c4)c(C(=O)NS(=O)(=O)c4ccc(NCC5CN(C6COC6)C5)c([N+](=O)[O-])c4)cc3F)CC2)C1. The quantitative estimate of drug-likeness (QED) is 0.0725. The summed E-state index contributed by atoms with van der Waals surface area (Å²) in [7, 11) is -4.68. The molecule has 10 rings (SSSR count). The van der Waals surface area contributed by atoms with Crippen LogP contribution in [0, 0.1) is 27.3 Å². The molecule has 1 amide bonds. The van der Waals surface area contributed by atoms with E-state index < -0.39 is 37.3 Å². The third kappa shape index (κ3) is 8.54. The minimum atomic E-state index is -4.68. The average molecular weight is 907 g/mol. The number of amides is 1. The first-order valence-corrected chi connectivity index (χ1v) is 24.3. The number of likely N-dealkylation sites (tertiary alicyclic amines) is 2. The molecule has 1 atom stereocenters. The van der Waals surface area contributed by atoms with Gasteiger partial charge in [-0.2, -0.15) is 0 Å². The summed E-state index contributed by atoms with van der Waals surface area (Å²) in [6, 6.07) is 19.7. The summed E-state index contributed by atoms with van der Waals surface area (Å²) >= 11 is 0. The zero-order chi connectivity index (χ0) is 45.0. The van der Waals surface area contributed by atoms with E-state index in [1.54, 1.807) is 18.3 Å². The van der Waals surface area contributed by atoms with Gasteiger partial charge in [-0.25, -0.2) is 22.5 Å². The molecule has 1 aliphatic carbocycles. The van der Waals surface area contributed by atoms with Crippen LogP contribution in [-0.2, 0) is 14.8 Å². The van der Waals surface area contributed by atoms with Crippen molar-refractivity contribution >= 4 is 44.0 Å². The summed E-state index contributed by atoms with van der Waals surface area (Å²) in [5, 5.41) is 16.0. The van der Waals surface area contributed by atoms with Crippen molar-refractivity contribution in [3.05, 3.63) is 112 Å². The van der Waals surface area contributed by atoms with E-state index >= 15 is 4.39 Å². The van der Waals surface area contributed by atoms with Crippen LogP contribution >= 0.6 is 0 Å². The molecule has 1 saturated carbocycles. The number of ether oxygens (including phenoxy) is 2. The molecule has 15 nitrogen and oxygen atoms in total. The number of carbonyl (C=O) groups is 1. The molecule has 0 bridgehead atoms. The summed E-state index contributed by atoms with van der Waals surface area (Å²) in [6.45, 7) is 10.4. The highest BCUT2D eigenvalue weighted by molar-refractivity contribution is 7.90. The molecule has 65 heavy (non-hydrogen) atoms. The Morgan fingerprint density at radius 3 is 2.57 bits per heavy atom. The number of nitro benzene ring substituents is 1. The van der Waals surface area contributed by atoms with Crippen molar-refractivity contribution < 1.29 is 32.0 Å². The number of nitro groups is 1. The lowest BCUT2D eigenvalue weighted by Gasteiger charge is -2.56. The molecule has 17 heteroatoms. The molecule has 4 saturated heterocycles. The standard InChI is InChI=1S/C48H55FN8O7S/c1-30(2)37-6-3-4-7-38(37)42-8-5-15-56(42)33-22-48(23-33)12-16-54(17-13-48)43-21-45(64-35-18-32-11-14-50-46(32)52-25-35)39(20-40(43)49)47(58)53-65(61,62)36-9-10-41(44(19-36)57(59)60)51-24-31-26-55(27-31)34-28-63-29-34/h3-4,6-7,9-11,14,18-21,25,30-31,33-34,42,51H,5,8,12-13,15-17,22-24,26-29H2,1-2H3,(H,50,52)(H,53,58)/t42-/m0/s1. The number of carbonyl (C=O) groups excluding carboxylic acids is 1. The van der Waals surface area contributed by atoms with Gasteiger partial charge >= 0.3 is 0 Å². The second kappa shape index (κ2) is 17.3. The van der Waals surface area contributed by atoms with E-state index in [4.69, 9.17) is 9.47 Å². The van der Waals surface area contributed by atoms with Crippen LogP contribution in [-0.4, -0.2) is 104 Å². The molecular formula is C48H55FN8O7S. The zero-order valence-electron chi connectivity index (χ0n) is 36.7. The zero-order valence-corrected chi connectivity index (χ0v) is 37.5. The third-order valence-electron chi connectivity index (χ3n) is 14.5. The Bertz CT molecular complexity index is 2720. The number of aromatic nitrogens is 2. The van der Waals surface area contributed by atoms with E-state index in [2.05, 4.69) is 63.2 Å². The van der Waals surface area contributed by atoms with Crippen molar-refractivity contribution in [2.24, 2.45) is 11.3 Å². The topological polar surface area (TPSA) is 175 Å². The summed E-state index contributed by atoms with van der Waals surface area (Å²) in [5.41, 5.74) is 3.28. The first kappa shape index (κ1) is 43.3. The summed E-state index contributed by atoms with van der Waals surface area (Å²) in [4.78, 5) is 39.4. The largest absolute Gasteiger partial charge is 0.455 e. The number of hydrogen-bond donors (Lipinski definition) is 3. The van der Waals surface area contributed by atoms with Gasteiger partial charge in [-0.1, -0.05) is 38.1 Å². The average Bonchev–Trinajstić information content (AvgIpc) is 3.93. The van der Waals surface area contributed by atoms with Crippen LogP contribution in [0.1, 0.15) is 85.8 Å². The van der Waals surface area contributed by atoms with Gasteiger partial charge in [-0.3, -0.25) is 24.7 Å². The number of nitrogens with zero attached hydrogens (tertiary/aromatic N) is 5. The number of benzene rings is 3. The van der Waals surface area contributed by atoms with Gasteiger partial charge in [0, 0.05) is 74.4 Å². The molecule has 0 unspecified atom stereocenters. The van der Waals surface area contributed by atoms with E-state index in [0.717, 1.165) is 62.8 Å². The smallest absolute Gasteiger partial charge is 0.293 e. The Morgan fingerprint density at radius 1 is 1.05 bits per heavy atom. The molecule has 2 aromatic heterocycles. The Hall–Kier alpha value is -5.62. The lowest BCUT2D eigenvalue weighted by Crippen LogP contribution is -2.60. The minimum absolute atomic E-state index is 0.0681. The fourth-order valence-electron chi connectivity index (χ4n) is 10.8. The van der Waals surface area contributed by atoms with Crippen molar-refractivity contribution in [1.29, 1.82) is 0 Å². The van der Waals surface area contributed by atoms with Crippen LogP contribution in [0.25, 0.3) is 11.0 Å². The molecule has 5 aromatic rings. The van der Waals surface area contributed by atoms with Crippen LogP contribution in [0.3, 0.4) is 0 Å². The number of sulfonamides is 1. The van der Waals surface area contributed by atoms with Crippen molar-refractivity contribution in [2.75, 3.05) is 62.7 Å². The predicted octanol–water partition coefficient (Wildman–Crippen LogP) is 7.97. The van der Waals surface area contributed by atoms with Gasteiger partial charge in [0.1, 0.15) is 28.7 Å². The van der Waals surface area contributed by atoms with Crippen LogP contribution in [0.4, 0.5) is 21.5 Å². The second-order valence-corrected chi connectivity index (χ2v) is 20.7. The van der Waals surface area contributed by atoms with Crippen LogP contribution < -0.4 is 19.7 Å². The number of halogens is 1. The van der Waals surface area contributed by atoms with E-state index in [-0.39, 0.29) is 39.8 Å². The highest BCUT2D eigenvalue weighted by Crippen LogP contribution is 2.54. The lowest BCUT2D eigenvalue weighted by molar-refractivity contribution is -0.384. The maximum absolute atomic E-state index is 16.4. The van der Waals surface area contributed by atoms with Crippen LogP contribution in [0.5, 0.6) is 11.5 Å². The third-order valence-corrected chi connectivity index (χ3v) is 15.9. The Labute approximate surface area is 377 Å². The first-order chi connectivity index (χ1) is 31.3. The van der Waals surface area contributed by atoms with Crippen LogP contribution in [0.2, 0.25) is 0 Å². The molecule has 3 N–H and O–H groups in total. The fourth-order valence-corrected chi connectivity index (χ4v) is 11.8. The number of piperidine rings is 1. The van der Waals surface area contributed by atoms with Crippen molar-refractivity contribution in [1.82, 2.24) is 24.5 Å². The lowest BCUT2D eigenvalue weighted by atomic mass is 9.59. The van der Waals surface area contributed by atoms with E-state index in [0.29, 0.717) is 62.5 Å². The molecule has 4 aliphatic heterocycles. The molecular weight excluding hydrogens is 852 g/mol. The van der Waals surface area contributed by atoms with Gasteiger partial charge in [-0.15, -0.1) is 0 Å². The Kier molecular flexibility index (Phi) is 11.5. The maximum atomic E-state index is 16.4. The van der Waals surface area contributed by atoms with Gasteiger partial charge in [0.25, 0.3) is 21.6 Å². The highest BCUT2D eigenvalue weighted by Gasteiger charge is 2.50. The monoisotopic (exact) mass is 906 g/mol. The van der Waals surface area contributed by atoms with E-state index in [1.807, 2.05) is 9.62 Å². The predicted molar refractivity (Wildman–Crippen MR) is 245 cm³/mol. The fraction of sp³-hybridized carbons (Fsp3) is 0.458. The van der Waals surface area contributed by atoms with Crippen molar-refractivity contribution in [3.8, 4) is 11.5 Å². The number of aromatic amines is 1. The first-order valence-electron chi connectivity index (χ1n) is 22.8. The Morgan fingerprint density at radius 2 is 1.83 bits per heavy atom. The number of fused-ring (bicyclic) bond motifs is 1. The minimum Gasteiger partial charge on any atom is -0.455 e.